The number of nitrogens with zero attached hydrogens (tertiary/aromatic N) is 1. The van der Waals surface area contributed by atoms with Gasteiger partial charge in [-0.25, -0.2) is 0 Å². The van der Waals surface area contributed by atoms with E-state index in [9.17, 15) is 0 Å². The van der Waals surface area contributed by atoms with E-state index < -0.39 is 0 Å². The molecule has 0 bridgehead atoms. The number of anilines is 1. The number of rotatable bonds is 2. The molecular formula is C11H11BrN2. The summed E-state index contributed by atoms with van der Waals surface area (Å²) < 4.78 is 0.856. The number of nitrogens with one attached hydrogen (secondary N) is 1. The fourth-order valence-corrected chi connectivity index (χ4v) is 1.83. The summed E-state index contributed by atoms with van der Waals surface area (Å²) in [5.41, 5.74) is 1.84. The van der Waals surface area contributed by atoms with E-state index in [1.54, 1.807) is 0 Å². The average Bonchev–Trinajstić information content (AvgIpc) is 2.84. The minimum absolute atomic E-state index is 0.215. The van der Waals surface area contributed by atoms with Crippen molar-refractivity contribution in [2.24, 2.45) is 0 Å². The van der Waals surface area contributed by atoms with Gasteiger partial charge in [0, 0.05) is 10.0 Å². The predicted molar refractivity (Wildman–Crippen MR) is 60.1 cm³/mol. The summed E-state index contributed by atoms with van der Waals surface area (Å²) in [7, 11) is 0. The van der Waals surface area contributed by atoms with Gasteiger partial charge in [0.25, 0.3) is 0 Å². The summed E-state index contributed by atoms with van der Waals surface area (Å²) in [6.07, 6.45) is 2.37. The van der Waals surface area contributed by atoms with Crippen molar-refractivity contribution in [3.05, 3.63) is 28.2 Å². The Kier molecular flexibility index (Phi) is 2.24. The zero-order chi connectivity index (χ0) is 10.2. The number of hydrogen-bond acceptors (Lipinski definition) is 2. The molecule has 1 fully saturated rings. The molecule has 0 radical (unpaired) electrons. The first-order valence-corrected chi connectivity index (χ1v) is 5.41. The van der Waals surface area contributed by atoms with Gasteiger partial charge in [-0.3, -0.25) is 0 Å². The molecule has 0 atom stereocenters. The van der Waals surface area contributed by atoms with Crippen molar-refractivity contribution in [1.29, 1.82) is 5.26 Å². The van der Waals surface area contributed by atoms with Crippen molar-refractivity contribution in [3.63, 3.8) is 0 Å². The second kappa shape index (κ2) is 3.29. The molecule has 1 aliphatic carbocycles. The molecule has 1 aromatic carbocycles. The number of benzene rings is 1. The highest BCUT2D eigenvalue weighted by Crippen LogP contribution is 2.39. The standard InChI is InChI=1S/C11H11BrN2/c1-11(5-6-11)14-10-4-2-3-9(12)8(10)7-13/h2-4,14H,5-6H2,1H3. The molecule has 1 saturated carbocycles. The molecule has 0 saturated heterocycles. The molecule has 0 heterocycles. The van der Waals surface area contributed by atoms with Crippen LogP contribution in [0.15, 0.2) is 22.7 Å². The van der Waals surface area contributed by atoms with Crippen LogP contribution in [-0.4, -0.2) is 5.54 Å². The predicted octanol–water partition coefficient (Wildman–Crippen LogP) is 3.29. The first kappa shape index (κ1) is 9.54. The Bertz CT molecular complexity index is 402. The lowest BCUT2D eigenvalue weighted by Gasteiger charge is -2.14. The molecule has 0 spiro atoms. The van der Waals surface area contributed by atoms with Crippen molar-refractivity contribution < 1.29 is 0 Å². The molecule has 2 rings (SSSR count). The molecule has 14 heavy (non-hydrogen) atoms. The van der Waals surface area contributed by atoms with E-state index in [4.69, 9.17) is 5.26 Å². The molecule has 1 aromatic rings. The molecule has 0 unspecified atom stereocenters. The minimum Gasteiger partial charge on any atom is -0.379 e. The van der Waals surface area contributed by atoms with E-state index in [0.717, 1.165) is 10.2 Å². The second-order valence-electron chi connectivity index (χ2n) is 3.96. The highest BCUT2D eigenvalue weighted by molar-refractivity contribution is 9.10. The number of hydrogen-bond donors (Lipinski definition) is 1. The first-order valence-electron chi connectivity index (χ1n) is 4.61. The van der Waals surface area contributed by atoms with Gasteiger partial charge < -0.3 is 5.32 Å². The monoisotopic (exact) mass is 250 g/mol. The Morgan fingerprint density at radius 2 is 2.21 bits per heavy atom. The molecule has 0 aliphatic heterocycles. The van der Waals surface area contributed by atoms with E-state index in [1.165, 1.54) is 12.8 Å². The molecule has 0 amide bonds. The summed E-state index contributed by atoms with van der Waals surface area (Å²) in [6.45, 7) is 2.18. The average molecular weight is 251 g/mol. The van der Waals surface area contributed by atoms with Crippen LogP contribution >= 0.6 is 15.9 Å². The molecule has 1 N–H and O–H groups in total. The van der Waals surface area contributed by atoms with Crippen molar-refractivity contribution in [2.45, 2.75) is 25.3 Å². The summed E-state index contributed by atoms with van der Waals surface area (Å²) in [5.74, 6) is 0. The normalized spacial score (nSPS) is 17.2. The Hall–Kier alpha value is -1.01. The zero-order valence-electron chi connectivity index (χ0n) is 7.97. The number of halogens is 1. The van der Waals surface area contributed by atoms with Gasteiger partial charge in [-0.1, -0.05) is 6.07 Å². The quantitative estimate of drug-likeness (QED) is 0.875. The van der Waals surface area contributed by atoms with E-state index in [2.05, 4.69) is 34.2 Å². The molecule has 3 heteroatoms. The van der Waals surface area contributed by atoms with Crippen LogP contribution in [0.2, 0.25) is 0 Å². The van der Waals surface area contributed by atoms with Crippen molar-refractivity contribution in [2.75, 3.05) is 5.32 Å². The van der Waals surface area contributed by atoms with Gasteiger partial charge in [0.05, 0.1) is 11.3 Å². The summed E-state index contributed by atoms with van der Waals surface area (Å²) in [5, 5.41) is 12.4. The Balaban J connectivity index is 2.33. The maximum Gasteiger partial charge on any atom is 0.103 e. The van der Waals surface area contributed by atoms with Crippen LogP contribution in [0.5, 0.6) is 0 Å². The molecule has 2 nitrogen and oxygen atoms in total. The summed E-state index contributed by atoms with van der Waals surface area (Å²) in [6, 6.07) is 7.99. The van der Waals surface area contributed by atoms with E-state index in [0.29, 0.717) is 5.56 Å². The lowest BCUT2D eigenvalue weighted by Crippen LogP contribution is -2.16. The van der Waals surface area contributed by atoms with Crippen LogP contribution in [-0.2, 0) is 0 Å². The van der Waals surface area contributed by atoms with E-state index in [-0.39, 0.29) is 5.54 Å². The third kappa shape index (κ3) is 1.76. The summed E-state index contributed by atoms with van der Waals surface area (Å²) >= 11 is 3.37. The Morgan fingerprint density at radius 3 is 2.79 bits per heavy atom. The molecule has 72 valence electrons. The van der Waals surface area contributed by atoms with E-state index >= 15 is 0 Å². The maximum atomic E-state index is 9.00. The van der Waals surface area contributed by atoms with Gasteiger partial charge in [-0.15, -0.1) is 0 Å². The van der Waals surface area contributed by atoms with Crippen LogP contribution in [0.25, 0.3) is 0 Å². The fraction of sp³-hybridized carbons (Fsp3) is 0.364. The highest BCUT2D eigenvalue weighted by Gasteiger charge is 2.37. The van der Waals surface area contributed by atoms with Gasteiger partial charge in [0.2, 0.25) is 0 Å². The topological polar surface area (TPSA) is 35.8 Å². The lowest BCUT2D eigenvalue weighted by atomic mass is 10.1. The van der Waals surface area contributed by atoms with Crippen LogP contribution in [0.3, 0.4) is 0 Å². The van der Waals surface area contributed by atoms with Crippen LogP contribution in [0, 0.1) is 11.3 Å². The van der Waals surface area contributed by atoms with Crippen molar-refractivity contribution >= 4 is 21.6 Å². The van der Waals surface area contributed by atoms with Gasteiger partial charge in [-0.05, 0) is 47.8 Å². The minimum atomic E-state index is 0.215. The van der Waals surface area contributed by atoms with Gasteiger partial charge in [0.1, 0.15) is 6.07 Å². The SMILES string of the molecule is CC1(Nc2cccc(Br)c2C#N)CC1. The smallest absolute Gasteiger partial charge is 0.103 e. The Morgan fingerprint density at radius 1 is 1.50 bits per heavy atom. The third-order valence-corrected chi connectivity index (χ3v) is 3.22. The summed E-state index contributed by atoms with van der Waals surface area (Å²) in [4.78, 5) is 0. The maximum absolute atomic E-state index is 9.00. The van der Waals surface area contributed by atoms with Crippen LogP contribution in [0.1, 0.15) is 25.3 Å². The van der Waals surface area contributed by atoms with Gasteiger partial charge >= 0.3 is 0 Å². The Labute approximate surface area is 92.1 Å². The molecule has 0 aromatic heterocycles. The largest absolute Gasteiger partial charge is 0.379 e. The second-order valence-corrected chi connectivity index (χ2v) is 4.81. The zero-order valence-corrected chi connectivity index (χ0v) is 9.56. The lowest BCUT2D eigenvalue weighted by molar-refractivity contribution is 0.828. The van der Waals surface area contributed by atoms with Crippen LogP contribution < -0.4 is 5.32 Å². The fourth-order valence-electron chi connectivity index (χ4n) is 1.38. The first-order chi connectivity index (χ1) is 6.64. The molecular weight excluding hydrogens is 240 g/mol. The van der Waals surface area contributed by atoms with Crippen molar-refractivity contribution in [1.82, 2.24) is 0 Å². The number of nitriles is 1. The van der Waals surface area contributed by atoms with Crippen LogP contribution in [0.4, 0.5) is 5.69 Å². The van der Waals surface area contributed by atoms with Gasteiger partial charge in [-0.2, -0.15) is 5.26 Å². The van der Waals surface area contributed by atoms with E-state index in [1.807, 2.05) is 18.2 Å². The van der Waals surface area contributed by atoms with Gasteiger partial charge in [0.15, 0.2) is 0 Å². The highest BCUT2D eigenvalue weighted by atomic mass is 79.9. The third-order valence-electron chi connectivity index (χ3n) is 2.56. The van der Waals surface area contributed by atoms with Crippen molar-refractivity contribution in [3.8, 4) is 6.07 Å². The molecule has 1 aliphatic rings.